The fourth-order valence-corrected chi connectivity index (χ4v) is 3.54. The Kier molecular flexibility index (Phi) is 24.3. The average Bonchev–Trinajstić information content (AvgIpc) is 2.59. The van der Waals surface area contributed by atoms with Crippen molar-refractivity contribution < 1.29 is 16.8 Å². The molecule has 0 spiro atoms. The molecule has 0 aliphatic carbocycles. The summed E-state index contributed by atoms with van der Waals surface area (Å²) in [5, 5.41) is 0. The van der Waals surface area contributed by atoms with Gasteiger partial charge in [0.05, 0.1) is 13.2 Å². The Morgan fingerprint density at radius 2 is 0.769 bits per heavy atom. The van der Waals surface area contributed by atoms with Crippen LogP contribution in [-0.2, 0) is 18.8 Å². The van der Waals surface area contributed by atoms with E-state index in [-0.39, 0.29) is 36.3 Å². The molecule has 0 bridgehead atoms. The van der Waals surface area contributed by atoms with Gasteiger partial charge in [-0.25, -0.2) is 8.37 Å². The second-order valence-electron chi connectivity index (χ2n) is 7.00. The molecule has 0 fully saturated rings. The van der Waals surface area contributed by atoms with Crippen molar-refractivity contribution in [1.29, 1.82) is 0 Å². The SMILES string of the molecule is CCCCCCCCCCOS(=O)(=O)OCCCCCCCCCC.[Mg+2]. The second kappa shape index (κ2) is 21.9. The molecule has 0 saturated heterocycles. The van der Waals surface area contributed by atoms with Gasteiger partial charge in [0, 0.05) is 0 Å². The van der Waals surface area contributed by atoms with E-state index in [0.717, 1.165) is 38.5 Å². The molecule has 26 heavy (non-hydrogen) atoms. The Bertz CT molecular complexity index is 333. The molecule has 0 aromatic rings. The summed E-state index contributed by atoms with van der Waals surface area (Å²) < 4.78 is 33.0. The molecule has 0 aromatic carbocycles. The van der Waals surface area contributed by atoms with Crippen molar-refractivity contribution in [3.05, 3.63) is 0 Å². The number of hydrogen-bond acceptors (Lipinski definition) is 4. The van der Waals surface area contributed by atoms with Crippen molar-refractivity contribution in [1.82, 2.24) is 0 Å². The van der Waals surface area contributed by atoms with E-state index in [1.54, 1.807) is 0 Å². The molecule has 0 rings (SSSR count). The summed E-state index contributed by atoms with van der Waals surface area (Å²) in [5.41, 5.74) is 0. The van der Waals surface area contributed by atoms with Crippen molar-refractivity contribution >= 4 is 33.5 Å². The zero-order chi connectivity index (χ0) is 18.6. The summed E-state index contributed by atoms with van der Waals surface area (Å²) in [6.07, 6.45) is 18.8. The molecular formula is C20H42MgO4S+2. The summed E-state index contributed by atoms with van der Waals surface area (Å²) >= 11 is 0. The molecule has 6 heteroatoms. The molecule has 0 heterocycles. The predicted octanol–water partition coefficient (Wildman–Crippen LogP) is 6.17. The normalized spacial score (nSPS) is 11.5. The summed E-state index contributed by atoms with van der Waals surface area (Å²) in [7, 11) is -3.79. The summed E-state index contributed by atoms with van der Waals surface area (Å²) in [5.74, 6) is 0. The standard InChI is InChI=1S/C20H42O4S.Mg/c1-3-5-7-9-11-13-15-17-19-23-25(21,22)24-20-18-16-14-12-10-8-6-4-2;/h3-20H2,1-2H3;/q;+2. The van der Waals surface area contributed by atoms with Crippen LogP contribution in [0.2, 0.25) is 0 Å². The van der Waals surface area contributed by atoms with Crippen LogP contribution >= 0.6 is 0 Å². The Balaban J connectivity index is 0. The third-order valence-corrected chi connectivity index (χ3v) is 5.36. The van der Waals surface area contributed by atoms with Gasteiger partial charge in [-0.05, 0) is 12.8 Å². The third-order valence-electron chi connectivity index (χ3n) is 4.45. The Morgan fingerprint density at radius 3 is 1.08 bits per heavy atom. The van der Waals surface area contributed by atoms with E-state index in [1.807, 2.05) is 0 Å². The van der Waals surface area contributed by atoms with Crippen molar-refractivity contribution in [2.45, 2.75) is 117 Å². The maximum atomic E-state index is 11.6. The molecule has 0 N–H and O–H groups in total. The van der Waals surface area contributed by atoms with Crippen LogP contribution < -0.4 is 0 Å². The molecular weight excluding hydrogens is 361 g/mol. The third kappa shape index (κ3) is 22.7. The molecule has 4 nitrogen and oxygen atoms in total. The van der Waals surface area contributed by atoms with Crippen LogP contribution in [-0.4, -0.2) is 44.7 Å². The molecule has 0 amide bonds. The van der Waals surface area contributed by atoms with Crippen LogP contribution in [0, 0.1) is 0 Å². The molecule has 152 valence electrons. The van der Waals surface area contributed by atoms with Crippen LogP contribution in [0.15, 0.2) is 0 Å². The Hall–Kier alpha value is 0.636. The van der Waals surface area contributed by atoms with Gasteiger partial charge < -0.3 is 0 Å². The first kappa shape index (κ1) is 28.8. The number of rotatable bonds is 20. The van der Waals surface area contributed by atoms with Crippen LogP contribution in [0.1, 0.15) is 117 Å². The average molecular weight is 403 g/mol. The van der Waals surface area contributed by atoms with Gasteiger partial charge >= 0.3 is 33.5 Å². The minimum Gasteiger partial charge on any atom is -0.248 e. The maximum absolute atomic E-state index is 11.6. The summed E-state index contributed by atoms with van der Waals surface area (Å²) in [6, 6.07) is 0. The Morgan fingerprint density at radius 1 is 0.500 bits per heavy atom. The van der Waals surface area contributed by atoms with Gasteiger partial charge in [-0.1, -0.05) is 104 Å². The zero-order valence-corrected chi connectivity index (χ0v) is 19.7. The van der Waals surface area contributed by atoms with Crippen LogP contribution in [0.5, 0.6) is 0 Å². The van der Waals surface area contributed by atoms with E-state index in [1.165, 1.54) is 64.2 Å². The van der Waals surface area contributed by atoms with Gasteiger partial charge in [-0.15, -0.1) is 0 Å². The first-order chi connectivity index (χ1) is 12.1. The number of hydrogen-bond donors (Lipinski definition) is 0. The van der Waals surface area contributed by atoms with E-state index >= 15 is 0 Å². The fourth-order valence-electron chi connectivity index (χ4n) is 2.83. The Labute approximate surface area is 179 Å². The summed E-state index contributed by atoms with van der Waals surface area (Å²) in [6.45, 7) is 4.92. The summed E-state index contributed by atoms with van der Waals surface area (Å²) in [4.78, 5) is 0. The molecule has 0 aliphatic heterocycles. The van der Waals surface area contributed by atoms with Gasteiger partial charge in [0.15, 0.2) is 0 Å². The van der Waals surface area contributed by atoms with Crippen LogP contribution in [0.4, 0.5) is 0 Å². The van der Waals surface area contributed by atoms with E-state index in [0.29, 0.717) is 0 Å². The van der Waals surface area contributed by atoms with Crippen LogP contribution in [0.3, 0.4) is 0 Å². The predicted molar refractivity (Wildman–Crippen MR) is 112 cm³/mol. The van der Waals surface area contributed by atoms with Crippen LogP contribution in [0.25, 0.3) is 0 Å². The van der Waals surface area contributed by atoms with E-state index in [4.69, 9.17) is 8.37 Å². The zero-order valence-electron chi connectivity index (χ0n) is 17.5. The smallest absolute Gasteiger partial charge is 0.248 e. The van der Waals surface area contributed by atoms with Crippen molar-refractivity contribution in [3.63, 3.8) is 0 Å². The van der Waals surface area contributed by atoms with Crippen molar-refractivity contribution in [2.24, 2.45) is 0 Å². The first-order valence-corrected chi connectivity index (χ1v) is 12.0. The largest absolute Gasteiger partial charge is 2.00 e. The van der Waals surface area contributed by atoms with Crippen molar-refractivity contribution in [3.8, 4) is 0 Å². The van der Waals surface area contributed by atoms with Gasteiger partial charge in [0.2, 0.25) is 0 Å². The van der Waals surface area contributed by atoms with Gasteiger partial charge in [-0.3, -0.25) is 0 Å². The van der Waals surface area contributed by atoms with Gasteiger partial charge in [-0.2, -0.15) is 8.42 Å². The van der Waals surface area contributed by atoms with E-state index in [2.05, 4.69) is 13.8 Å². The maximum Gasteiger partial charge on any atom is 2.00 e. The monoisotopic (exact) mass is 402 g/mol. The molecule has 0 unspecified atom stereocenters. The minimum atomic E-state index is -3.79. The van der Waals surface area contributed by atoms with Crippen molar-refractivity contribution in [2.75, 3.05) is 13.2 Å². The van der Waals surface area contributed by atoms with Gasteiger partial charge in [0.1, 0.15) is 0 Å². The molecule has 0 aromatic heterocycles. The molecule has 0 atom stereocenters. The number of unbranched alkanes of at least 4 members (excludes halogenated alkanes) is 14. The van der Waals surface area contributed by atoms with E-state index in [9.17, 15) is 8.42 Å². The van der Waals surface area contributed by atoms with E-state index < -0.39 is 10.4 Å². The first-order valence-electron chi connectivity index (χ1n) is 10.7. The fraction of sp³-hybridized carbons (Fsp3) is 1.00. The molecule has 0 saturated carbocycles. The molecule has 0 radical (unpaired) electrons. The quantitative estimate of drug-likeness (QED) is 0.180. The topological polar surface area (TPSA) is 52.6 Å². The second-order valence-corrected chi connectivity index (χ2v) is 8.29. The molecule has 0 aliphatic rings. The minimum absolute atomic E-state index is 0. The van der Waals surface area contributed by atoms with Gasteiger partial charge in [0.25, 0.3) is 0 Å².